The summed E-state index contributed by atoms with van der Waals surface area (Å²) in [4.78, 5) is 18.0. The molecule has 1 aliphatic rings. The van der Waals surface area contributed by atoms with E-state index in [1.54, 1.807) is 7.05 Å². The van der Waals surface area contributed by atoms with E-state index in [1.165, 1.54) is 11.1 Å². The number of nitrogens with zero attached hydrogens (tertiary/aromatic N) is 2. The number of benzene rings is 1. The number of ether oxygens (including phenoxy) is 1. The number of rotatable bonds is 9. The second-order valence-electron chi connectivity index (χ2n) is 6.85. The lowest BCUT2D eigenvalue weighted by Gasteiger charge is -2.31. The van der Waals surface area contributed by atoms with Crippen molar-refractivity contribution in [3.05, 3.63) is 35.4 Å². The summed E-state index contributed by atoms with van der Waals surface area (Å²) in [5.41, 5.74) is 7.93. The molecule has 4 N–H and O–H groups in total. The third kappa shape index (κ3) is 8.74. The fourth-order valence-electron chi connectivity index (χ4n) is 3.32. The fraction of sp³-hybridized carbons (Fsp3) is 0.600. The van der Waals surface area contributed by atoms with Crippen LogP contribution in [0.4, 0.5) is 0 Å². The van der Waals surface area contributed by atoms with Gasteiger partial charge < -0.3 is 21.1 Å². The number of primary amides is 1. The molecular formula is C20H34IN5O2. The maximum atomic E-state index is 11.5. The van der Waals surface area contributed by atoms with Gasteiger partial charge in [0.1, 0.15) is 0 Å². The Morgan fingerprint density at radius 3 is 2.86 bits per heavy atom. The van der Waals surface area contributed by atoms with E-state index in [0.29, 0.717) is 13.2 Å². The summed E-state index contributed by atoms with van der Waals surface area (Å²) in [5, 5.41) is 6.56. The van der Waals surface area contributed by atoms with Crippen LogP contribution in [-0.2, 0) is 22.6 Å². The van der Waals surface area contributed by atoms with Gasteiger partial charge in [0.25, 0.3) is 0 Å². The first-order valence-corrected chi connectivity index (χ1v) is 9.74. The first-order chi connectivity index (χ1) is 13.1. The molecule has 7 nitrogen and oxygen atoms in total. The second kappa shape index (κ2) is 13.7. The van der Waals surface area contributed by atoms with Gasteiger partial charge >= 0.3 is 0 Å². The van der Waals surface area contributed by atoms with Crippen molar-refractivity contribution in [2.75, 3.05) is 39.9 Å². The van der Waals surface area contributed by atoms with E-state index < -0.39 is 0 Å². The highest BCUT2D eigenvalue weighted by atomic mass is 127. The molecule has 1 saturated heterocycles. The minimum atomic E-state index is -0.180. The van der Waals surface area contributed by atoms with Crippen LogP contribution in [0.3, 0.4) is 0 Å². The second-order valence-corrected chi connectivity index (χ2v) is 6.85. The van der Waals surface area contributed by atoms with Gasteiger partial charge in [0, 0.05) is 39.8 Å². The quantitative estimate of drug-likeness (QED) is 0.207. The molecule has 0 radical (unpaired) electrons. The molecule has 1 aromatic rings. The van der Waals surface area contributed by atoms with Crippen LogP contribution in [0.2, 0.25) is 0 Å². The first-order valence-electron chi connectivity index (χ1n) is 9.74. The molecule has 28 heavy (non-hydrogen) atoms. The molecule has 0 aliphatic carbocycles. The predicted octanol–water partition coefficient (Wildman–Crippen LogP) is 1.70. The molecule has 1 aliphatic heterocycles. The largest absolute Gasteiger partial charge is 0.380 e. The van der Waals surface area contributed by atoms with E-state index in [1.807, 2.05) is 6.92 Å². The zero-order chi connectivity index (χ0) is 19.5. The smallest absolute Gasteiger partial charge is 0.221 e. The van der Waals surface area contributed by atoms with Gasteiger partial charge in [-0.25, -0.2) is 0 Å². The van der Waals surface area contributed by atoms with Gasteiger partial charge in [-0.3, -0.25) is 14.7 Å². The third-order valence-corrected chi connectivity index (χ3v) is 4.73. The summed E-state index contributed by atoms with van der Waals surface area (Å²) >= 11 is 0. The number of aliphatic imine (C=N–C) groups is 1. The molecule has 0 saturated carbocycles. The minimum absolute atomic E-state index is 0. The number of piperidine rings is 1. The summed E-state index contributed by atoms with van der Waals surface area (Å²) in [7, 11) is 1.76. The highest BCUT2D eigenvalue weighted by Gasteiger charge is 2.23. The topological polar surface area (TPSA) is 92.0 Å². The highest BCUT2D eigenvalue weighted by molar-refractivity contribution is 14.0. The predicted molar refractivity (Wildman–Crippen MR) is 124 cm³/mol. The third-order valence-electron chi connectivity index (χ3n) is 4.73. The van der Waals surface area contributed by atoms with Gasteiger partial charge in [-0.2, -0.15) is 0 Å². The Balaban J connectivity index is 0.00000392. The van der Waals surface area contributed by atoms with E-state index in [-0.39, 0.29) is 35.8 Å². The minimum Gasteiger partial charge on any atom is -0.380 e. The molecule has 0 bridgehead atoms. The Hall–Kier alpha value is -1.39. The van der Waals surface area contributed by atoms with Gasteiger partial charge in [-0.15, -0.1) is 24.0 Å². The summed E-state index contributed by atoms with van der Waals surface area (Å²) in [6, 6.07) is 8.51. The lowest BCUT2D eigenvalue weighted by atomic mass is 9.97. The van der Waals surface area contributed by atoms with Crippen molar-refractivity contribution in [2.24, 2.45) is 16.6 Å². The number of hydrogen-bond donors (Lipinski definition) is 3. The van der Waals surface area contributed by atoms with E-state index in [0.717, 1.165) is 51.6 Å². The number of guanidine groups is 1. The van der Waals surface area contributed by atoms with Crippen molar-refractivity contribution >= 4 is 35.8 Å². The Labute approximate surface area is 185 Å². The average molecular weight is 503 g/mol. The van der Waals surface area contributed by atoms with Crippen molar-refractivity contribution in [1.82, 2.24) is 15.5 Å². The normalized spacial score (nSPS) is 17.6. The number of carbonyl (C=O) groups is 1. The lowest BCUT2D eigenvalue weighted by Crippen LogP contribution is -2.40. The summed E-state index contributed by atoms with van der Waals surface area (Å²) < 4.78 is 5.32. The van der Waals surface area contributed by atoms with Gasteiger partial charge in [-0.05, 0) is 37.4 Å². The molecule has 0 spiro atoms. The Bertz CT molecular complexity index is 626. The summed E-state index contributed by atoms with van der Waals surface area (Å²) in [5.74, 6) is 0.566. The summed E-state index contributed by atoms with van der Waals surface area (Å²) in [6.07, 6.45) is 1.93. The molecule has 1 aromatic carbocycles. The van der Waals surface area contributed by atoms with Crippen LogP contribution >= 0.6 is 24.0 Å². The van der Waals surface area contributed by atoms with Crippen LogP contribution in [-0.4, -0.2) is 56.7 Å². The Kier molecular flexibility index (Phi) is 12.1. The molecule has 8 heteroatoms. The van der Waals surface area contributed by atoms with Gasteiger partial charge in [-0.1, -0.05) is 24.3 Å². The highest BCUT2D eigenvalue weighted by Crippen LogP contribution is 2.18. The maximum absolute atomic E-state index is 11.5. The monoisotopic (exact) mass is 503 g/mol. The number of amides is 1. The van der Waals surface area contributed by atoms with Crippen molar-refractivity contribution in [2.45, 2.75) is 32.9 Å². The van der Waals surface area contributed by atoms with Crippen molar-refractivity contribution in [1.29, 1.82) is 0 Å². The molecule has 2 rings (SSSR count). The van der Waals surface area contributed by atoms with Crippen molar-refractivity contribution < 1.29 is 9.53 Å². The maximum Gasteiger partial charge on any atom is 0.221 e. The van der Waals surface area contributed by atoms with E-state index in [9.17, 15) is 4.79 Å². The SMILES string of the molecule is CCOCCNC(=NC)NCc1cccc(CN2CCCC(C(N)=O)C2)c1.I. The number of likely N-dealkylation sites (tertiary alicyclic amines) is 1. The standard InChI is InChI=1S/C20H33N5O2.HI/c1-3-27-11-9-23-20(22-2)24-13-16-6-4-7-17(12-16)14-25-10-5-8-18(15-25)19(21)26;/h4,6-7,12,18H,3,5,8-11,13-15H2,1-2H3,(H2,21,26)(H2,22,23,24);1H. The molecule has 1 fully saturated rings. The van der Waals surface area contributed by atoms with E-state index >= 15 is 0 Å². The first kappa shape index (κ1) is 24.6. The van der Waals surface area contributed by atoms with Gasteiger partial charge in [0.2, 0.25) is 5.91 Å². The van der Waals surface area contributed by atoms with Crippen LogP contribution < -0.4 is 16.4 Å². The Morgan fingerprint density at radius 1 is 1.36 bits per heavy atom. The lowest BCUT2D eigenvalue weighted by molar-refractivity contribution is -0.123. The fourth-order valence-corrected chi connectivity index (χ4v) is 3.32. The van der Waals surface area contributed by atoms with Crippen LogP contribution in [0.15, 0.2) is 29.3 Å². The van der Waals surface area contributed by atoms with Gasteiger partial charge in [0.05, 0.1) is 12.5 Å². The van der Waals surface area contributed by atoms with Crippen molar-refractivity contribution in [3.8, 4) is 0 Å². The van der Waals surface area contributed by atoms with E-state index in [2.05, 4.69) is 44.8 Å². The molecule has 1 amide bonds. The molecular weight excluding hydrogens is 469 g/mol. The number of halogens is 1. The van der Waals surface area contributed by atoms with Crippen molar-refractivity contribution in [3.63, 3.8) is 0 Å². The zero-order valence-corrected chi connectivity index (χ0v) is 19.3. The molecule has 0 aromatic heterocycles. The zero-order valence-electron chi connectivity index (χ0n) is 16.9. The van der Waals surface area contributed by atoms with E-state index in [4.69, 9.17) is 10.5 Å². The number of hydrogen-bond acceptors (Lipinski definition) is 4. The number of nitrogens with two attached hydrogens (primary N) is 1. The summed E-state index contributed by atoms with van der Waals surface area (Å²) in [6.45, 7) is 7.41. The van der Waals surface area contributed by atoms with Crippen LogP contribution in [0.5, 0.6) is 0 Å². The molecule has 1 atom stereocenters. The number of carbonyl (C=O) groups excluding carboxylic acids is 1. The van der Waals surface area contributed by atoms with Crippen LogP contribution in [0, 0.1) is 5.92 Å². The molecule has 1 unspecified atom stereocenters. The van der Waals surface area contributed by atoms with Gasteiger partial charge in [0.15, 0.2) is 5.96 Å². The number of nitrogens with one attached hydrogen (secondary N) is 2. The molecule has 158 valence electrons. The Morgan fingerprint density at radius 2 is 2.14 bits per heavy atom. The molecule has 1 heterocycles. The average Bonchev–Trinajstić information content (AvgIpc) is 2.68. The van der Waals surface area contributed by atoms with Crippen LogP contribution in [0.25, 0.3) is 0 Å². The van der Waals surface area contributed by atoms with Crippen LogP contribution in [0.1, 0.15) is 30.9 Å².